The third kappa shape index (κ3) is 6.31. The Morgan fingerprint density at radius 2 is 1.90 bits per heavy atom. The number of aromatic nitrogens is 4. The summed E-state index contributed by atoms with van der Waals surface area (Å²) in [6.07, 6.45) is 3.38. The zero-order valence-corrected chi connectivity index (χ0v) is 23.0. The maximum Gasteiger partial charge on any atom is 0.348 e. The van der Waals surface area contributed by atoms with E-state index < -0.39 is 55.6 Å². The minimum Gasteiger partial charge on any atom is -0.479 e. The maximum absolute atomic E-state index is 12.2. The topological polar surface area (TPSA) is 201 Å². The van der Waals surface area contributed by atoms with Crippen LogP contribution in [0.1, 0.15) is 24.6 Å². The minimum absolute atomic E-state index is 0.109. The van der Waals surface area contributed by atoms with Gasteiger partial charge in [-0.25, -0.2) is 14.6 Å². The Morgan fingerprint density at radius 1 is 1.19 bits per heavy atom. The van der Waals surface area contributed by atoms with Crippen LogP contribution in [0.4, 0.5) is 5.82 Å². The minimum atomic E-state index is -2.70. The molecule has 224 valence electrons. The molecule has 2 aromatic heterocycles. The number of benzene rings is 1. The van der Waals surface area contributed by atoms with Crippen molar-refractivity contribution in [2.45, 2.75) is 49.3 Å². The highest BCUT2D eigenvalue weighted by Gasteiger charge is 2.49. The summed E-state index contributed by atoms with van der Waals surface area (Å²) >= 11 is 6.23. The van der Waals surface area contributed by atoms with Crippen LogP contribution in [0, 0.1) is 12.3 Å². The first kappa shape index (κ1) is 31.1. The number of aliphatic hydroxyl groups is 3. The van der Waals surface area contributed by atoms with Crippen molar-refractivity contribution in [1.82, 2.24) is 19.5 Å². The van der Waals surface area contributed by atoms with Crippen LogP contribution in [-0.2, 0) is 25.5 Å². The van der Waals surface area contributed by atoms with E-state index in [1.165, 1.54) is 10.9 Å². The van der Waals surface area contributed by atoms with E-state index >= 15 is 0 Å². The van der Waals surface area contributed by atoms with Gasteiger partial charge >= 0.3 is 11.9 Å². The van der Waals surface area contributed by atoms with E-state index in [9.17, 15) is 35.1 Å². The fourth-order valence-electron chi connectivity index (χ4n) is 4.81. The molecule has 3 aromatic rings. The monoisotopic (exact) mass is 603 g/mol. The van der Waals surface area contributed by atoms with Crippen LogP contribution in [-0.4, -0.2) is 107 Å². The van der Waals surface area contributed by atoms with Crippen molar-refractivity contribution in [2.75, 3.05) is 31.3 Å². The molecule has 0 saturated carbocycles. The number of rotatable bonds is 14. The van der Waals surface area contributed by atoms with Gasteiger partial charge in [0.05, 0.1) is 32.2 Å². The highest BCUT2D eigenvalue weighted by atomic mass is 35.5. The molecule has 15 heteroatoms. The van der Waals surface area contributed by atoms with E-state index in [-0.39, 0.29) is 29.1 Å². The number of nitrogens with zero attached hydrogens (tertiary/aromatic N) is 5. The molecule has 1 aromatic carbocycles. The van der Waals surface area contributed by atoms with Gasteiger partial charge in [0.1, 0.15) is 6.10 Å². The Labute approximate surface area is 245 Å². The quantitative estimate of drug-likeness (QED) is 0.0968. The number of carboxylic acids is 2. The highest BCUT2D eigenvalue weighted by Crippen LogP contribution is 2.32. The van der Waals surface area contributed by atoms with Crippen LogP contribution < -0.4 is 4.90 Å². The maximum atomic E-state index is 12.2. The van der Waals surface area contributed by atoms with E-state index in [0.29, 0.717) is 17.9 Å². The van der Waals surface area contributed by atoms with Gasteiger partial charge in [-0.3, -0.25) is 4.57 Å². The number of carboxylic acid groups (broad SMARTS) is 2. The number of hydrogen-bond acceptors (Lipinski definition) is 11. The molecule has 5 N–H and O–H groups in total. The summed E-state index contributed by atoms with van der Waals surface area (Å²) in [5.41, 5.74) is -1.90. The highest BCUT2D eigenvalue weighted by molar-refractivity contribution is 6.28. The molecule has 1 fully saturated rings. The second-order valence-electron chi connectivity index (χ2n) is 9.67. The van der Waals surface area contributed by atoms with Crippen molar-refractivity contribution in [3.63, 3.8) is 0 Å². The summed E-state index contributed by atoms with van der Waals surface area (Å²) in [5.74, 6) is -0.997. The summed E-state index contributed by atoms with van der Waals surface area (Å²) in [5, 5.41) is 50.1. The largest absolute Gasteiger partial charge is 0.479 e. The molecular formula is C27H30ClN5O9. The second-order valence-corrected chi connectivity index (χ2v) is 10.0. The fourth-order valence-corrected chi connectivity index (χ4v) is 4.97. The number of aliphatic hydroxyl groups excluding tert-OH is 3. The van der Waals surface area contributed by atoms with Gasteiger partial charge in [-0.05, 0) is 30.0 Å². The first-order chi connectivity index (χ1) is 20.1. The average Bonchev–Trinajstić information content (AvgIpc) is 3.63. The van der Waals surface area contributed by atoms with Crippen LogP contribution in [0.2, 0.25) is 5.28 Å². The van der Waals surface area contributed by atoms with Gasteiger partial charge < -0.3 is 39.9 Å². The smallest absolute Gasteiger partial charge is 0.348 e. The van der Waals surface area contributed by atoms with E-state index in [0.717, 1.165) is 12.8 Å². The van der Waals surface area contributed by atoms with E-state index in [1.807, 2.05) is 4.90 Å². The van der Waals surface area contributed by atoms with Gasteiger partial charge in [0, 0.05) is 13.0 Å². The van der Waals surface area contributed by atoms with Gasteiger partial charge in [0.15, 0.2) is 29.3 Å². The number of aliphatic carboxylic acids is 2. The number of fused-ring (bicyclic) bond motifs is 1. The van der Waals surface area contributed by atoms with Crippen molar-refractivity contribution in [3.05, 3.63) is 47.5 Å². The molecular weight excluding hydrogens is 574 g/mol. The van der Waals surface area contributed by atoms with Crippen LogP contribution in [0.5, 0.6) is 0 Å². The molecule has 3 heterocycles. The third-order valence-electron chi connectivity index (χ3n) is 6.99. The molecule has 4 rings (SSSR count). The molecule has 42 heavy (non-hydrogen) atoms. The van der Waals surface area contributed by atoms with Gasteiger partial charge in [-0.15, -0.1) is 6.42 Å². The van der Waals surface area contributed by atoms with Crippen LogP contribution in [0.25, 0.3) is 11.2 Å². The molecule has 0 radical (unpaired) electrons. The molecule has 1 aliphatic heterocycles. The summed E-state index contributed by atoms with van der Waals surface area (Å²) in [7, 11) is 0. The lowest BCUT2D eigenvalue weighted by molar-refractivity contribution is -0.195. The SMILES string of the molecule is C#C[C@@H](O)[C@@H](O[C@@H](CO)COC(Cc1ccccc1)(C(=O)O)C(=O)O)n1cnc2c(N3CCC[C@H]3CO)nc(Cl)nc21. The van der Waals surface area contributed by atoms with Crippen LogP contribution in [0.3, 0.4) is 0 Å². The Balaban J connectivity index is 1.63. The predicted octanol–water partition coefficient (Wildman–Crippen LogP) is 0.478. The number of carbonyl (C=O) groups is 2. The molecule has 0 amide bonds. The van der Waals surface area contributed by atoms with Crippen molar-refractivity contribution >= 4 is 40.5 Å². The standard InChI is InChI=1S/C27H30ClN5O9/c1-2-19(36)23(33-15-29-20-21(30-26(28)31-22(20)33)32-10-6-9-17(32)12-34)42-18(13-35)14-41-27(24(37)38,25(39)40)11-16-7-4-3-5-8-16/h1,3-5,7-8,15,17-19,23,34-36H,6,9-14H2,(H,37,38)(H,39,40)/t17-,18-,19+,23+/m0/s1. The van der Waals surface area contributed by atoms with Crippen molar-refractivity contribution < 1.29 is 44.6 Å². The lowest BCUT2D eigenvalue weighted by Crippen LogP contribution is -2.52. The Morgan fingerprint density at radius 3 is 2.52 bits per heavy atom. The molecule has 1 aliphatic rings. The van der Waals surface area contributed by atoms with Gasteiger partial charge in [0.2, 0.25) is 5.28 Å². The lowest BCUT2D eigenvalue weighted by atomic mass is 9.94. The van der Waals surface area contributed by atoms with E-state index in [2.05, 4.69) is 20.9 Å². The molecule has 0 bridgehead atoms. The summed E-state index contributed by atoms with van der Waals surface area (Å²) in [6, 6.07) is 7.85. The van der Waals surface area contributed by atoms with Gasteiger partial charge in [0.25, 0.3) is 5.60 Å². The summed E-state index contributed by atoms with van der Waals surface area (Å²) < 4.78 is 12.6. The zero-order chi connectivity index (χ0) is 30.4. The van der Waals surface area contributed by atoms with Crippen LogP contribution >= 0.6 is 11.6 Å². The number of terminal acetylenes is 1. The number of imidazole rings is 1. The van der Waals surface area contributed by atoms with Crippen molar-refractivity contribution in [3.8, 4) is 12.3 Å². The molecule has 0 spiro atoms. The number of hydrogen-bond donors (Lipinski definition) is 5. The second kappa shape index (κ2) is 13.4. The molecule has 0 unspecified atom stereocenters. The van der Waals surface area contributed by atoms with Gasteiger partial charge in [-0.2, -0.15) is 9.97 Å². The normalized spacial score (nSPS) is 17.6. The summed E-state index contributed by atoms with van der Waals surface area (Å²) in [6.45, 7) is -0.972. The molecule has 4 atom stereocenters. The third-order valence-corrected chi connectivity index (χ3v) is 7.16. The zero-order valence-electron chi connectivity index (χ0n) is 22.3. The van der Waals surface area contributed by atoms with Crippen molar-refractivity contribution in [1.29, 1.82) is 0 Å². The first-order valence-electron chi connectivity index (χ1n) is 13.0. The lowest BCUT2D eigenvalue weighted by Gasteiger charge is -2.30. The Bertz CT molecular complexity index is 1430. The Hall–Kier alpha value is -3.84. The Kier molecular flexibility index (Phi) is 9.94. The van der Waals surface area contributed by atoms with Gasteiger partial charge in [-0.1, -0.05) is 36.3 Å². The fraction of sp³-hybridized carbons (Fsp3) is 0.444. The van der Waals surface area contributed by atoms with Crippen molar-refractivity contribution in [2.24, 2.45) is 0 Å². The van der Waals surface area contributed by atoms with Crippen LogP contribution in [0.15, 0.2) is 36.7 Å². The molecule has 0 aliphatic carbocycles. The molecule has 1 saturated heterocycles. The number of ether oxygens (including phenoxy) is 2. The molecule has 14 nitrogen and oxygen atoms in total. The number of halogens is 1. The predicted molar refractivity (Wildman–Crippen MR) is 148 cm³/mol. The average molecular weight is 604 g/mol. The number of anilines is 1. The van der Waals surface area contributed by atoms with E-state index in [1.54, 1.807) is 30.3 Å². The first-order valence-corrected chi connectivity index (χ1v) is 13.4. The summed E-state index contributed by atoms with van der Waals surface area (Å²) in [4.78, 5) is 39.1. The van der Waals surface area contributed by atoms with E-state index in [4.69, 9.17) is 27.5 Å².